The topological polar surface area (TPSA) is 52.6 Å². The van der Waals surface area contributed by atoms with Gasteiger partial charge in [-0.25, -0.2) is 9.59 Å². The maximum atomic E-state index is 12.5. The third-order valence-electron chi connectivity index (χ3n) is 5.89. The summed E-state index contributed by atoms with van der Waals surface area (Å²) in [6.45, 7) is 12.9. The molecule has 178 valence electrons. The summed E-state index contributed by atoms with van der Waals surface area (Å²) in [7, 11) is 0. The largest absolute Gasteiger partial charge is 0.422 e. The summed E-state index contributed by atoms with van der Waals surface area (Å²) in [5.41, 5.74) is 1.79. The van der Waals surface area contributed by atoms with Gasteiger partial charge in [-0.1, -0.05) is 88.6 Å². The average molecular weight is 459 g/mol. The van der Waals surface area contributed by atoms with Crippen molar-refractivity contribution in [1.82, 2.24) is 0 Å². The van der Waals surface area contributed by atoms with Crippen molar-refractivity contribution in [3.8, 4) is 11.5 Å². The molecule has 0 radical (unpaired) electrons. The smallest absolute Gasteiger partial charge is 0.338 e. The number of fused-ring (bicyclic) bond motifs is 2. The van der Waals surface area contributed by atoms with Crippen molar-refractivity contribution in [2.75, 3.05) is 0 Å². The van der Waals surface area contributed by atoms with Gasteiger partial charge in [0, 0.05) is 32.7 Å². The van der Waals surface area contributed by atoms with Crippen molar-refractivity contribution in [2.45, 2.75) is 65.7 Å². The lowest BCUT2D eigenvalue weighted by Crippen LogP contribution is -2.11. The number of esters is 2. The molecule has 3 aromatic rings. The normalized spacial score (nSPS) is 10.9. The van der Waals surface area contributed by atoms with Crippen LogP contribution >= 0.6 is 0 Å². The fourth-order valence-electron chi connectivity index (χ4n) is 3.99. The lowest BCUT2D eigenvalue weighted by Gasteiger charge is -2.17. The highest BCUT2D eigenvalue weighted by Crippen LogP contribution is 2.43. The lowest BCUT2D eigenvalue weighted by molar-refractivity contribution is -0.130. The van der Waals surface area contributed by atoms with Gasteiger partial charge in [-0.2, -0.15) is 0 Å². The predicted octanol–water partition coefficient (Wildman–Crippen LogP) is 7.86. The first-order valence-electron chi connectivity index (χ1n) is 12.1. The standard InChI is InChI=1S/C30H34O4/c1-6-7-8-9-10-11-14-22-17-18-25-26(19-22)28(34-30(32)21(4)5)24-16-13-12-15-23(24)27(25)33-29(31)20(2)3/h12-13,15-19H,2,4,6-11,14H2,1,3,5H3. The Hall–Kier alpha value is -3.40. The highest BCUT2D eigenvalue weighted by Gasteiger charge is 2.21. The van der Waals surface area contributed by atoms with Gasteiger partial charge in [-0.3, -0.25) is 0 Å². The van der Waals surface area contributed by atoms with E-state index in [1.54, 1.807) is 13.8 Å². The molecule has 0 bridgehead atoms. The Labute approximate surface area is 202 Å². The van der Waals surface area contributed by atoms with Crippen LogP contribution in [0.2, 0.25) is 0 Å². The SMILES string of the molecule is C=C(C)C(=O)Oc1c2ccccc2c(OC(=O)C(=C)C)c2cc(CCCCCCCC)ccc12. The average Bonchev–Trinajstić information content (AvgIpc) is 2.82. The van der Waals surface area contributed by atoms with Gasteiger partial charge in [0.1, 0.15) is 11.5 Å². The molecule has 4 nitrogen and oxygen atoms in total. The molecule has 0 fully saturated rings. The summed E-state index contributed by atoms with van der Waals surface area (Å²) in [4.78, 5) is 25.0. The molecule has 0 N–H and O–H groups in total. The predicted molar refractivity (Wildman–Crippen MR) is 139 cm³/mol. The van der Waals surface area contributed by atoms with E-state index in [1.807, 2.05) is 36.4 Å². The van der Waals surface area contributed by atoms with Crippen molar-refractivity contribution >= 4 is 33.5 Å². The van der Waals surface area contributed by atoms with Crippen LogP contribution in [0, 0.1) is 0 Å². The van der Waals surface area contributed by atoms with Gasteiger partial charge in [0.15, 0.2) is 0 Å². The first-order valence-corrected chi connectivity index (χ1v) is 12.1. The van der Waals surface area contributed by atoms with E-state index < -0.39 is 11.9 Å². The first kappa shape index (κ1) is 25.2. The molecule has 0 amide bonds. The van der Waals surface area contributed by atoms with Crippen LogP contribution in [0.1, 0.15) is 64.9 Å². The quantitative estimate of drug-likeness (QED) is 0.0965. The second kappa shape index (κ2) is 11.6. The number of rotatable bonds is 11. The molecule has 3 rings (SSSR count). The van der Waals surface area contributed by atoms with Crippen LogP contribution in [-0.2, 0) is 16.0 Å². The molecular weight excluding hydrogens is 424 g/mol. The zero-order valence-electron chi connectivity index (χ0n) is 20.5. The van der Waals surface area contributed by atoms with E-state index >= 15 is 0 Å². The van der Waals surface area contributed by atoms with E-state index in [0.29, 0.717) is 38.8 Å². The van der Waals surface area contributed by atoms with E-state index in [2.05, 4.69) is 26.1 Å². The van der Waals surface area contributed by atoms with E-state index in [9.17, 15) is 9.59 Å². The molecule has 0 aliphatic carbocycles. The highest BCUT2D eigenvalue weighted by atomic mass is 16.5. The van der Waals surface area contributed by atoms with Crippen molar-refractivity contribution in [3.05, 3.63) is 72.3 Å². The molecule has 0 saturated carbocycles. The van der Waals surface area contributed by atoms with Gasteiger partial charge in [0.05, 0.1) is 0 Å². The van der Waals surface area contributed by atoms with Crippen LogP contribution < -0.4 is 9.47 Å². The van der Waals surface area contributed by atoms with Crippen molar-refractivity contribution in [2.24, 2.45) is 0 Å². The second-order valence-electron chi connectivity index (χ2n) is 8.94. The Kier molecular flexibility index (Phi) is 8.64. The van der Waals surface area contributed by atoms with Crippen LogP contribution in [-0.4, -0.2) is 11.9 Å². The molecule has 34 heavy (non-hydrogen) atoms. The van der Waals surface area contributed by atoms with Crippen molar-refractivity contribution in [1.29, 1.82) is 0 Å². The Morgan fingerprint density at radius 1 is 0.706 bits per heavy atom. The zero-order chi connectivity index (χ0) is 24.7. The van der Waals surface area contributed by atoms with Crippen LogP contribution in [0.5, 0.6) is 11.5 Å². The number of ether oxygens (including phenoxy) is 2. The minimum absolute atomic E-state index is 0.315. The molecule has 4 heteroatoms. The molecule has 0 heterocycles. The summed E-state index contributed by atoms with van der Waals surface area (Å²) >= 11 is 0. The van der Waals surface area contributed by atoms with Gasteiger partial charge >= 0.3 is 11.9 Å². The summed E-state index contributed by atoms with van der Waals surface area (Å²) in [5, 5.41) is 2.84. The molecule has 0 aliphatic heterocycles. The highest BCUT2D eigenvalue weighted by molar-refractivity contribution is 6.13. The molecule has 0 saturated heterocycles. The van der Waals surface area contributed by atoms with Gasteiger partial charge in [-0.05, 0) is 38.3 Å². The Bertz CT molecular complexity index is 1240. The minimum Gasteiger partial charge on any atom is -0.422 e. The van der Waals surface area contributed by atoms with Crippen molar-refractivity contribution in [3.63, 3.8) is 0 Å². The molecule has 0 spiro atoms. The summed E-state index contributed by atoms with van der Waals surface area (Å²) < 4.78 is 11.6. The Balaban J connectivity index is 2.10. The summed E-state index contributed by atoms with van der Waals surface area (Å²) in [6.07, 6.45) is 8.27. The van der Waals surface area contributed by atoms with Crippen LogP contribution in [0.25, 0.3) is 21.5 Å². The van der Waals surface area contributed by atoms with Crippen molar-refractivity contribution < 1.29 is 19.1 Å². The third-order valence-corrected chi connectivity index (χ3v) is 5.89. The number of unbranched alkanes of at least 4 members (excludes halogenated alkanes) is 5. The summed E-state index contributed by atoms with van der Waals surface area (Å²) in [6, 6.07) is 13.5. The number of carbonyl (C=O) groups is 2. The molecular formula is C30H34O4. The van der Waals surface area contributed by atoms with Gasteiger partial charge < -0.3 is 9.47 Å². The Morgan fingerprint density at radius 3 is 1.76 bits per heavy atom. The van der Waals surface area contributed by atoms with E-state index in [4.69, 9.17) is 9.47 Å². The molecule has 0 atom stereocenters. The second-order valence-corrected chi connectivity index (χ2v) is 8.94. The van der Waals surface area contributed by atoms with Crippen LogP contribution in [0.3, 0.4) is 0 Å². The van der Waals surface area contributed by atoms with Gasteiger partial charge in [0.25, 0.3) is 0 Å². The first-order chi connectivity index (χ1) is 16.3. The fourth-order valence-corrected chi connectivity index (χ4v) is 3.99. The number of aryl methyl sites for hydroxylation is 1. The molecule has 0 aliphatic rings. The van der Waals surface area contributed by atoms with Crippen LogP contribution in [0.15, 0.2) is 66.8 Å². The number of hydrogen-bond donors (Lipinski definition) is 0. The molecule has 0 unspecified atom stereocenters. The van der Waals surface area contributed by atoms with E-state index in [0.717, 1.165) is 23.8 Å². The van der Waals surface area contributed by atoms with E-state index in [1.165, 1.54) is 32.1 Å². The van der Waals surface area contributed by atoms with Gasteiger partial charge in [0.2, 0.25) is 0 Å². The maximum Gasteiger partial charge on any atom is 0.338 e. The van der Waals surface area contributed by atoms with Gasteiger partial charge in [-0.15, -0.1) is 0 Å². The molecule has 0 aromatic heterocycles. The number of benzene rings is 3. The Morgan fingerprint density at radius 2 is 1.21 bits per heavy atom. The van der Waals surface area contributed by atoms with Crippen LogP contribution in [0.4, 0.5) is 0 Å². The maximum absolute atomic E-state index is 12.5. The lowest BCUT2D eigenvalue weighted by atomic mass is 9.96. The zero-order valence-corrected chi connectivity index (χ0v) is 20.5. The summed E-state index contributed by atoms with van der Waals surface area (Å²) in [5.74, 6) is -0.0768. The molecule has 3 aromatic carbocycles. The number of hydrogen-bond acceptors (Lipinski definition) is 4. The van der Waals surface area contributed by atoms with E-state index in [-0.39, 0.29) is 0 Å². The minimum atomic E-state index is -0.491. The number of carbonyl (C=O) groups excluding carboxylic acids is 2. The monoisotopic (exact) mass is 458 g/mol. The fraction of sp³-hybridized carbons (Fsp3) is 0.333. The third kappa shape index (κ3) is 5.93.